The molecular formula is C25H39N3O5. The van der Waals surface area contributed by atoms with Gasteiger partial charge in [-0.25, -0.2) is 9.59 Å². The zero-order chi connectivity index (χ0) is 23.7. The van der Waals surface area contributed by atoms with Crippen molar-refractivity contribution >= 4 is 12.2 Å². The lowest BCUT2D eigenvalue weighted by Crippen LogP contribution is -2.50. The summed E-state index contributed by atoms with van der Waals surface area (Å²) in [6.07, 6.45) is 2.38. The van der Waals surface area contributed by atoms with Gasteiger partial charge in [0.15, 0.2) is 0 Å². The molecule has 184 valence electrons. The van der Waals surface area contributed by atoms with Gasteiger partial charge in [-0.1, -0.05) is 30.3 Å². The van der Waals surface area contributed by atoms with E-state index in [1.807, 2.05) is 51.1 Å². The van der Waals surface area contributed by atoms with Gasteiger partial charge in [-0.2, -0.15) is 0 Å². The number of piperidine rings is 1. The molecule has 0 aliphatic carbocycles. The van der Waals surface area contributed by atoms with Crippen molar-refractivity contribution in [3.63, 3.8) is 0 Å². The molecule has 0 atom stereocenters. The zero-order valence-electron chi connectivity index (χ0n) is 20.3. The number of likely N-dealkylation sites (tertiary alicyclic amines) is 1. The van der Waals surface area contributed by atoms with Crippen molar-refractivity contribution in [3.8, 4) is 0 Å². The molecule has 0 saturated carbocycles. The molecule has 0 bridgehead atoms. The number of benzene rings is 1. The van der Waals surface area contributed by atoms with Gasteiger partial charge in [-0.05, 0) is 45.6 Å². The molecule has 8 nitrogen and oxygen atoms in total. The van der Waals surface area contributed by atoms with E-state index in [2.05, 4.69) is 4.90 Å². The lowest BCUT2D eigenvalue weighted by Gasteiger charge is -2.35. The van der Waals surface area contributed by atoms with Gasteiger partial charge in [0.05, 0.1) is 6.10 Å². The summed E-state index contributed by atoms with van der Waals surface area (Å²) in [7, 11) is 0. The maximum absolute atomic E-state index is 12.3. The summed E-state index contributed by atoms with van der Waals surface area (Å²) in [5, 5.41) is 0. The van der Waals surface area contributed by atoms with Crippen molar-refractivity contribution < 1.29 is 23.8 Å². The van der Waals surface area contributed by atoms with Crippen LogP contribution in [0.5, 0.6) is 0 Å². The van der Waals surface area contributed by atoms with Crippen molar-refractivity contribution in [3.05, 3.63) is 35.9 Å². The Balaban J connectivity index is 1.23. The summed E-state index contributed by atoms with van der Waals surface area (Å²) < 4.78 is 16.9. The second-order valence-corrected chi connectivity index (χ2v) is 9.76. The number of carbonyl (C=O) groups excluding carboxylic acids is 2. The van der Waals surface area contributed by atoms with Gasteiger partial charge in [0.1, 0.15) is 12.2 Å². The van der Waals surface area contributed by atoms with Gasteiger partial charge < -0.3 is 24.0 Å². The van der Waals surface area contributed by atoms with Crippen LogP contribution in [0, 0.1) is 0 Å². The predicted molar refractivity (Wildman–Crippen MR) is 126 cm³/mol. The molecule has 2 amide bonds. The number of hydrogen-bond donors (Lipinski definition) is 0. The third-order valence-electron chi connectivity index (χ3n) is 5.90. The van der Waals surface area contributed by atoms with Crippen LogP contribution >= 0.6 is 0 Å². The number of hydrogen-bond acceptors (Lipinski definition) is 6. The number of nitrogens with zero attached hydrogens (tertiary/aromatic N) is 3. The highest BCUT2D eigenvalue weighted by Gasteiger charge is 2.26. The first-order chi connectivity index (χ1) is 15.8. The molecule has 0 radical (unpaired) electrons. The summed E-state index contributed by atoms with van der Waals surface area (Å²) in [6, 6.07) is 9.73. The highest BCUT2D eigenvalue weighted by atomic mass is 16.6. The summed E-state index contributed by atoms with van der Waals surface area (Å²) in [4.78, 5) is 30.4. The molecule has 1 aromatic carbocycles. The van der Waals surface area contributed by atoms with Crippen molar-refractivity contribution in [1.82, 2.24) is 14.7 Å². The van der Waals surface area contributed by atoms with Crippen LogP contribution in [0.4, 0.5) is 9.59 Å². The van der Waals surface area contributed by atoms with E-state index in [0.717, 1.165) is 51.1 Å². The molecule has 3 rings (SSSR count). The first kappa shape index (κ1) is 25.3. The van der Waals surface area contributed by atoms with Crippen LogP contribution in [0.3, 0.4) is 0 Å². The van der Waals surface area contributed by atoms with Gasteiger partial charge in [0.2, 0.25) is 0 Å². The molecule has 0 aromatic heterocycles. The number of carbonyl (C=O) groups is 2. The lowest BCUT2D eigenvalue weighted by atomic mass is 10.1. The lowest BCUT2D eigenvalue weighted by molar-refractivity contribution is -0.00217. The number of ether oxygens (including phenoxy) is 3. The van der Waals surface area contributed by atoms with Gasteiger partial charge in [0, 0.05) is 52.4 Å². The SMILES string of the molecule is CC(C)(C)OC(=O)N1CCN(CCCOC2CCN(C(=O)OCc3ccccc3)CC2)CC1. The molecule has 1 aromatic rings. The summed E-state index contributed by atoms with van der Waals surface area (Å²) in [5.41, 5.74) is 0.541. The van der Waals surface area contributed by atoms with Crippen LogP contribution in [0.2, 0.25) is 0 Å². The molecule has 2 aliphatic heterocycles. The first-order valence-corrected chi connectivity index (χ1v) is 12.1. The van der Waals surface area contributed by atoms with Crippen molar-refractivity contribution in [2.75, 3.05) is 52.4 Å². The Kier molecular flexibility index (Phi) is 9.38. The molecule has 0 unspecified atom stereocenters. The molecule has 2 heterocycles. The second-order valence-electron chi connectivity index (χ2n) is 9.76. The molecule has 33 heavy (non-hydrogen) atoms. The van der Waals surface area contributed by atoms with Gasteiger partial charge >= 0.3 is 12.2 Å². The Bertz CT molecular complexity index is 736. The van der Waals surface area contributed by atoms with E-state index >= 15 is 0 Å². The Morgan fingerprint density at radius 3 is 2.18 bits per heavy atom. The average molecular weight is 462 g/mol. The maximum Gasteiger partial charge on any atom is 0.410 e. The van der Waals surface area contributed by atoms with Crippen molar-refractivity contribution in [2.45, 2.75) is 58.3 Å². The largest absolute Gasteiger partial charge is 0.445 e. The predicted octanol–water partition coefficient (Wildman–Crippen LogP) is 3.75. The van der Waals surface area contributed by atoms with E-state index in [1.165, 1.54) is 0 Å². The monoisotopic (exact) mass is 461 g/mol. The highest BCUT2D eigenvalue weighted by molar-refractivity contribution is 5.68. The fourth-order valence-corrected chi connectivity index (χ4v) is 4.03. The Labute approximate surface area is 197 Å². The first-order valence-electron chi connectivity index (χ1n) is 12.1. The van der Waals surface area contributed by atoms with E-state index < -0.39 is 5.60 Å². The van der Waals surface area contributed by atoms with Crippen LogP contribution < -0.4 is 0 Å². The topological polar surface area (TPSA) is 71.6 Å². The minimum atomic E-state index is -0.454. The Morgan fingerprint density at radius 1 is 0.909 bits per heavy atom. The van der Waals surface area contributed by atoms with E-state index in [9.17, 15) is 9.59 Å². The molecule has 2 aliphatic rings. The van der Waals surface area contributed by atoms with Crippen LogP contribution in [-0.2, 0) is 20.8 Å². The van der Waals surface area contributed by atoms with Gasteiger partial charge in [0.25, 0.3) is 0 Å². The van der Waals surface area contributed by atoms with Crippen LogP contribution in [0.25, 0.3) is 0 Å². The standard InChI is InChI=1S/C25H39N3O5/c1-25(2,3)33-24(30)28-17-15-26(16-18-28)12-7-19-31-22-10-13-27(14-11-22)23(29)32-20-21-8-5-4-6-9-21/h4-6,8-9,22H,7,10-20H2,1-3H3. The average Bonchev–Trinajstić information content (AvgIpc) is 2.80. The van der Waals surface area contributed by atoms with Crippen molar-refractivity contribution in [2.24, 2.45) is 0 Å². The normalized spacial score (nSPS) is 18.3. The fraction of sp³-hybridized carbons (Fsp3) is 0.680. The Hall–Kier alpha value is -2.32. The Morgan fingerprint density at radius 2 is 1.55 bits per heavy atom. The summed E-state index contributed by atoms with van der Waals surface area (Å²) in [6.45, 7) is 12.1. The smallest absolute Gasteiger partial charge is 0.410 e. The van der Waals surface area contributed by atoms with E-state index in [4.69, 9.17) is 14.2 Å². The minimum Gasteiger partial charge on any atom is -0.445 e. The molecule has 0 spiro atoms. The van der Waals surface area contributed by atoms with E-state index in [0.29, 0.717) is 32.8 Å². The molecule has 0 N–H and O–H groups in total. The molecule has 2 saturated heterocycles. The number of amides is 2. The highest BCUT2D eigenvalue weighted by Crippen LogP contribution is 2.16. The quantitative estimate of drug-likeness (QED) is 0.576. The van der Waals surface area contributed by atoms with Gasteiger partial charge in [-0.15, -0.1) is 0 Å². The van der Waals surface area contributed by atoms with E-state index in [1.54, 1.807) is 9.80 Å². The number of rotatable bonds is 7. The summed E-state index contributed by atoms with van der Waals surface area (Å²) >= 11 is 0. The second kappa shape index (κ2) is 12.2. The zero-order valence-corrected chi connectivity index (χ0v) is 20.3. The molecular weight excluding hydrogens is 422 g/mol. The van der Waals surface area contributed by atoms with Gasteiger partial charge in [-0.3, -0.25) is 4.90 Å². The molecule has 8 heteroatoms. The summed E-state index contributed by atoms with van der Waals surface area (Å²) in [5.74, 6) is 0. The third kappa shape index (κ3) is 8.85. The fourth-order valence-electron chi connectivity index (χ4n) is 4.03. The molecule has 2 fully saturated rings. The minimum absolute atomic E-state index is 0.201. The van der Waals surface area contributed by atoms with Crippen LogP contribution in [0.1, 0.15) is 45.6 Å². The maximum atomic E-state index is 12.3. The van der Waals surface area contributed by atoms with Crippen LogP contribution in [-0.4, -0.2) is 91.0 Å². The van der Waals surface area contributed by atoms with E-state index in [-0.39, 0.29) is 18.3 Å². The number of piperazine rings is 1. The third-order valence-corrected chi connectivity index (χ3v) is 5.90. The van der Waals surface area contributed by atoms with Crippen LogP contribution in [0.15, 0.2) is 30.3 Å². The van der Waals surface area contributed by atoms with Crippen molar-refractivity contribution in [1.29, 1.82) is 0 Å².